The summed E-state index contributed by atoms with van der Waals surface area (Å²) in [6.07, 6.45) is 0.194. The van der Waals surface area contributed by atoms with E-state index in [1.54, 1.807) is 0 Å². The molecule has 7 heteroatoms. The van der Waals surface area contributed by atoms with Gasteiger partial charge in [-0.1, -0.05) is 11.2 Å². The molecule has 1 amide bonds. The van der Waals surface area contributed by atoms with E-state index in [4.69, 9.17) is 10.9 Å². The molecular weight excluding hydrogens is 281 g/mol. The molecule has 0 bridgehead atoms. The molecule has 4 N–H and O–H groups in total. The number of nitrogens with one attached hydrogen (secondary N) is 1. The number of anilines is 1. The third-order valence-electron chi connectivity index (χ3n) is 2.56. The van der Waals surface area contributed by atoms with Gasteiger partial charge < -0.3 is 16.3 Å². The first kappa shape index (κ1) is 14.0. The summed E-state index contributed by atoms with van der Waals surface area (Å²) in [5.41, 5.74) is 5.65. The predicted octanol–water partition coefficient (Wildman–Crippen LogP) is 2.16. The molecule has 2 aromatic rings. The Kier molecular flexibility index (Phi) is 4.31. The van der Waals surface area contributed by atoms with Gasteiger partial charge in [0.15, 0.2) is 5.84 Å². The minimum atomic E-state index is -0.645. The molecule has 0 aliphatic carbocycles. The fourth-order valence-corrected chi connectivity index (χ4v) is 2.30. The van der Waals surface area contributed by atoms with Gasteiger partial charge in [-0.3, -0.25) is 4.79 Å². The molecule has 0 saturated carbocycles. The molecule has 0 atom stereocenters. The summed E-state index contributed by atoms with van der Waals surface area (Å²) in [6, 6.07) is 7.60. The number of amidine groups is 1. The number of hydrogen-bond acceptors (Lipinski definition) is 4. The van der Waals surface area contributed by atoms with Gasteiger partial charge in [-0.25, -0.2) is 4.39 Å². The SMILES string of the molecule is N/C(=N/O)c1ccc(NC(=O)Cc2cccs2)c(F)c1. The number of oxime groups is 1. The normalized spacial score (nSPS) is 11.3. The van der Waals surface area contributed by atoms with Gasteiger partial charge in [-0.2, -0.15) is 0 Å². The maximum absolute atomic E-state index is 13.8. The number of hydrogen-bond donors (Lipinski definition) is 3. The van der Waals surface area contributed by atoms with Gasteiger partial charge in [0.25, 0.3) is 0 Å². The average molecular weight is 293 g/mol. The molecule has 0 aliphatic rings. The number of amides is 1. The molecule has 0 aliphatic heterocycles. The third-order valence-corrected chi connectivity index (χ3v) is 3.44. The van der Waals surface area contributed by atoms with Crippen LogP contribution in [-0.4, -0.2) is 17.0 Å². The fourth-order valence-electron chi connectivity index (χ4n) is 1.60. The van der Waals surface area contributed by atoms with E-state index in [0.29, 0.717) is 0 Å². The van der Waals surface area contributed by atoms with Crippen molar-refractivity contribution >= 4 is 28.8 Å². The van der Waals surface area contributed by atoms with E-state index in [-0.39, 0.29) is 29.4 Å². The summed E-state index contributed by atoms with van der Waals surface area (Å²) in [6.45, 7) is 0. The standard InChI is InChI=1S/C13H12FN3O2S/c14-10-6-8(13(15)17-19)3-4-11(10)16-12(18)7-9-2-1-5-20-9/h1-6,19H,7H2,(H2,15,17)(H,16,18). The number of nitrogens with two attached hydrogens (primary N) is 1. The zero-order chi connectivity index (χ0) is 14.5. The molecule has 1 aromatic carbocycles. The van der Waals surface area contributed by atoms with Crippen LogP contribution in [0.5, 0.6) is 0 Å². The van der Waals surface area contributed by atoms with Crippen LogP contribution in [0.15, 0.2) is 40.9 Å². The van der Waals surface area contributed by atoms with Crippen molar-refractivity contribution in [2.75, 3.05) is 5.32 Å². The Morgan fingerprint density at radius 3 is 2.85 bits per heavy atom. The van der Waals surface area contributed by atoms with E-state index in [2.05, 4.69) is 10.5 Å². The summed E-state index contributed by atoms with van der Waals surface area (Å²) in [4.78, 5) is 12.6. The zero-order valence-electron chi connectivity index (χ0n) is 10.3. The minimum absolute atomic E-state index is 0.0565. The van der Waals surface area contributed by atoms with E-state index in [1.165, 1.54) is 23.5 Å². The first-order valence-electron chi connectivity index (χ1n) is 5.70. The molecule has 0 fully saturated rings. The van der Waals surface area contributed by atoms with Gasteiger partial charge in [-0.15, -0.1) is 11.3 Å². The highest BCUT2D eigenvalue weighted by atomic mass is 32.1. The highest BCUT2D eigenvalue weighted by Crippen LogP contribution is 2.17. The number of benzene rings is 1. The maximum Gasteiger partial charge on any atom is 0.229 e. The average Bonchev–Trinajstić information content (AvgIpc) is 2.93. The van der Waals surface area contributed by atoms with Gasteiger partial charge in [0.2, 0.25) is 5.91 Å². The van der Waals surface area contributed by atoms with Crippen molar-refractivity contribution in [1.82, 2.24) is 0 Å². The Hall–Kier alpha value is -2.41. The summed E-state index contributed by atoms with van der Waals surface area (Å²) in [5, 5.41) is 15.6. The third kappa shape index (κ3) is 3.33. The second-order valence-electron chi connectivity index (χ2n) is 3.98. The number of rotatable bonds is 4. The monoisotopic (exact) mass is 293 g/mol. The first-order valence-corrected chi connectivity index (χ1v) is 6.58. The summed E-state index contributed by atoms with van der Waals surface area (Å²) < 4.78 is 13.8. The maximum atomic E-state index is 13.8. The Balaban J connectivity index is 2.08. The molecule has 20 heavy (non-hydrogen) atoms. The van der Waals surface area contributed by atoms with Crippen molar-refractivity contribution in [3.63, 3.8) is 0 Å². The number of carbonyl (C=O) groups is 1. The molecule has 0 unspecified atom stereocenters. The minimum Gasteiger partial charge on any atom is -0.409 e. The van der Waals surface area contributed by atoms with Crippen LogP contribution in [0, 0.1) is 5.82 Å². The Bertz CT molecular complexity index is 641. The highest BCUT2D eigenvalue weighted by molar-refractivity contribution is 7.10. The van der Waals surface area contributed by atoms with E-state index in [0.717, 1.165) is 10.9 Å². The molecule has 0 radical (unpaired) electrons. The van der Waals surface area contributed by atoms with E-state index in [1.807, 2.05) is 17.5 Å². The molecule has 1 heterocycles. The van der Waals surface area contributed by atoms with Crippen molar-refractivity contribution in [3.8, 4) is 0 Å². The lowest BCUT2D eigenvalue weighted by atomic mass is 10.2. The van der Waals surface area contributed by atoms with Gasteiger partial charge in [0.1, 0.15) is 5.82 Å². The molecule has 0 saturated heterocycles. The molecule has 0 spiro atoms. The lowest BCUT2D eigenvalue weighted by Crippen LogP contribution is -2.16. The van der Waals surface area contributed by atoms with Gasteiger partial charge in [0, 0.05) is 10.4 Å². The van der Waals surface area contributed by atoms with Crippen molar-refractivity contribution < 1.29 is 14.4 Å². The Labute approximate surface area is 118 Å². The van der Waals surface area contributed by atoms with Crippen LogP contribution >= 0.6 is 11.3 Å². The first-order chi connectivity index (χ1) is 9.60. The second-order valence-corrected chi connectivity index (χ2v) is 5.02. The zero-order valence-corrected chi connectivity index (χ0v) is 11.2. The van der Waals surface area contributed by atoms with Crippen molar-refractivity contribution in [2.45, 2.75) is 6.42 Å². The molecule has 2 rings (SSSR count). The largest absolute Gasteiger partial charge is 0.409 e. The highest BCUT2D eigenvalue weighted by Gasteiger charge is 2.10. The quantitative estimate of drug-likeness (QED) is 0.349. The predicted molar refractivity (Wildman–Crippen MR) is 75.6 cm³/mol. The Morgan fingerprint density at radius 1 is 1.45 bits per heavy atom. The van der Waals surface area contributed by atoms with Crippen molar-refractivity contribution in [2.24, 2.45) is 10.9 Å². The lowest BCUT2D eigenvalue weighted by Gasteiger charge is -2.07. The topological polar surface area (TPSA) is 87.7 Å². The van der Waals surface area contributed by atoms with Gasteiger partial charge in [-0.05, 0) is 29.6 Å². The molecule has 104 valence electrons. The van der Waals surface area contributed by atoms with Crippen LogP contribution in [0.1, 0.15) is 10.4 Å². The van der Waals surface area contributed by atoms with Crippen LogP contribution in [0.2, 0.25) is 0 Å². The molecular formula is C13H12FN3O2S. The second kappa shape index (κ2) is 6.16. The van der Waals surface area contributed by atoms with Crippen LogP contribution in [0.4, 0.5) is 10.1 Å². The van der Waals surface area contributed by atoms with Crippen molar-refractivity contribution in [3.05, 3.63) is 52.0 Å². The number of carbonyl (C=O) groups excluding carboxylic acids is 1. The summed E-state index contributed by atoms with van der Waals surface area (Å²) in [5.74, 6) is -1.14. The van der Waals surface area contributed by atoms with Crippen LogP contribution in [0.25, 0.3) is 0 Å². The van der Waals surface area contributed by atoms with Gasteiger partial charge >= 0.3 is 0 Å². The molecule has 5 nitrogen and oxygen atoms in total. The number of nitrogens with zero attached hydrogens (tertiary/aromatic N) is 1. The fraction of sp³-hybridized carbons (Fsp3) is 0.0769. The van der Waals surface area contributed by atoms with Crippen molar-refractivity contribution in [1.29, 1.82) is 0 Å². The summed E-state index contributed by atoms with van der Waals surface area (Å²) in [7, 11) is 0. The number of thiophene rings is 1. The van der Waals surface area contributed by atoms with Crippen LogP contribution < -0.4 is 11.1 Å². The van der Waals surface area contributed by atoms with Crippen LogP contribution in [-0.2, 0) is 11.2 Å². The van der Waals surface area contributed by atoms with E-state index < -0.39 is 5.82 Å². The lowest BCUT2D eigenvalue weighted by molar-refractivity contribution is -0.115. The van der Waals surface area contributed by atoms with E-state index in [9.17, 15) is 9.18 Å². The number of halogens is 1. The van der Waals surface area contributed by atoms with Crippen LogP contribution in [0.3, 0.4) is 0 Å². The summed E-state index contributed by atoms with van der Waals surface area (Å²) >= 11 is 1.46. The molecule has 1 aromatic heterocycles. The van der Waals surface area contributed by atoms with E-state index >= 15 is 0 Å². The Morgan fingerprint density at radius 2 is 2.25 bits per heavy atom. The smallest absolute Gasteiger partial charge is 0.229 e. The van der Waals surface area contributed by atoms with Gasteiger partial charge in [0.05, 0.1) is 12.1 Å².